The third-order valence-electron chi connectivity index (χ3n) is 1.19. The summed E-state index contributed by atoms with van der Waals surface area (Å²) in [4.78, 5) is 3.99. The van der Waals surface area contributed by atoms with Crippen molar-refractivity contribution < 1.29 is 0 Å². The number of hydrogen-bond acceptors (Lipinski definition) is 3. The summed E-state index contributed by atoms with van der Waals surface area (Å²) in [6.45, 7) is 4.39. The second-order valence-corrected chi connectivity index (χ2v) is 4.33. The predicted molar refractivity (Wildman–Crippen MR) is 52.4 cm³/mol. The molecule has 0 radical (unpaired) electrons. The van der Waals surface area contributed by atoms with Gasteiger partial charge in [0.2, 0.25) is 5.28 Å². The summed E-state index contributed by atoms with van der Waals surface area (Å²) >= 11 is 7.37. The van der Waals surface area contributed by atoms with Crippen LogP contribution in [0.25, 0.3) is 0 Å². The molecule has 1 aromatic heterocycles. The van der Waals surface area contributed by atoms with Gasteiger partial charge in [-0.05, 0) is 23.3 Å². The van der Waals surface area contributed by atoms with Crippen LogP contribution in [0.4, 0.5) is 0 Å². The lowest BCUT2D eigenvalue weighted by molar-refractivity contribution is 0.750. The molecule has 0 saturated carbocycles. The van der Waals surface area contributed by atoms with Crippen LogP contribution in [0.5, 0.6) is 0 Å². The van der Waals surface area contributed by atoms with E-state index in [0.717, 1.165) is 17.3 Å². The zero-order valence-electron chi connectivity index (χ0n) is 7.17. The van der Waals surface area contributed by atoms with Crippen LogP contribution in [-0.2, 0) is 5.75 Å². The predicted octanol–water partition coefficient (Wildman–Crippen LogP) is 2.35. The fraction of sp³-hybridized carbons (Fsp3) is 0.714. The Kier molecular flexibility index (Phi) is 3.88. The van der Waals surface area contributed by atoms with Crippen LogP contribution in [-0.4, -0.2) is 20.9 Å². The Balaban J connectivity index is 2.24. The van der Waals surface area contributed by atoms with Crippen molar-refractivity contribution in [2.24, 2.45) is 5.92 Å². The molecule has 0 bridgehead atoms. The largest absolute Gasteiger partial charge is 0.261 e. The Bertz CT molecular complexity index is 236. The molecule has 0 saturated heterocycles. The highest BCUT2D eigenvalue weighted by atomic mass is 35.5. The number of rotatable bonds is 4. The minimum Gasteiger partial charge on any atom is -0.261 e. The molecule has 0 fully saturated rings. The maximum atomic E-state index is 5.54. The third kappa shape index (κ3) is 3.45. The van der Waals surface area contributed by atoms with Gasteiger partial charge >= 0.3 is 0 Å². The maximum absolute atomic E-state index is 5.54. The average molecular weight is 206 g/mol. The van der Waals surface area contributed by atoms with Gasteiger partial charge in [-0.15, -0.1) is 5.10 Å². The van der Waals surface area contributed by atoms with Crippen LogP contribution in [0.1, 0.15) is 19.7 Å². The van der Waals surface area contributed by atoms with E-state index in [4.69, 9.17) is 11.6 Å². The van der Waals surface area contributed by atoms with Gasteiger partial charge in [-0.3, -0.25) is 5.10 Å². The molecule has 1 N–H and O–H groups in total. The fourth-order valence-corrected chi connectivity index (χ4v) is 1.78. The second-order valence-electron chi connectivity index (χ2n) is 2.96. The van der Waals surface area contributed by atoms with Gasteiger partial charge in [-0.2, -0.15) is 11.8 Å². The monoisotopic (exact) mass is 205 g/mol. The van der Waals surface area contributed by atoms with E-state index in [0.29, 0.717) is 11.2 Å². The molecule has 0 atom stereocenters. The van der Waals surface area contributed by atoms with Crippen molar-refractivity contribution in [3.63, 3.8) is 0 Å². The molecule has 0 amide bonds. The third-order valence-corrected chi connectivity index (χ3v) is 2.74. The highest BCUT2D eigenvalue weighted by Crippen LogP contribution is 2.12. The summed E-state index contributed by atoms with van der Waals surface area (Å²) in [5.74, 6) is 3.56. The molecule has 1 rings (SSSR count). The van der Waals surface area contributed by atoms with Crippen molar-refractivity contribution in [2.75, 3.05) is 5.75 Å². The van der Waals surface area contributed by atoms with E-state index in [9.17, 15) is 0 Å². The van der Waals surface area contributed by atoms with E-state index in [1.54, 1.807) is 0 Å². The topological polar surface area (TPSA) is 41.6 Å². The van der Waals surface area contributed by atoms with Gasteiger partial charge in [-0.25, -0.2) is 4.98 Å². The standard InChI is InChI=1S/C7H12ClN3S/c1-5(2)3-12-4-6-9-7(8)11-10-6/h5H,3-4H2,1-2H3,(H,9,10,11). The fourth-order valence-electron chi connectivity index (χ4n) is 0.728. The van der Waals surface area contributed by atoms with Crippen LogP contribution >= 0.6 is 23.4 Å². The summed E-state index contributed by atoms with van der Waals surface area (Å²) in [5, 5.41) is 6.80. The molecule has 0 aliphatic carbocycles. The highest BCUT2D eigenvalue weighted by molar-refractivity contribution is 7.98. The lowest BCUT2D eigenvalue weighted by Crippen LogP contribution is -1.92. The van der Waals surface area contributed by atoms with E-state index in [1.807, 2.05) is 11.8 Å². The zero-order valence-corrected chi connectivity index (χ0v) is 8.74. The van der Waals surface area contributed by atoms with Crippen LogP contribution < -0.4 is 0 Å². The molecule has 3 nitrogen and oxygen atoms in total. The Morgan fingerprint density at radius 3 is 2.83 bits per heavy atom. The van der Waals surface area contributed by atoms with Crippen molar-refractivity contribution in [3.05, 3.63) is 11.1 Å². The number of halogens is 1. The number of hydrogen-bond donors (Lipinski definition) is 1. The maximum Gasteiger partial charge on any atom is 0.242 e. The quantitative estimate of drug-likeness (QED) is 0.821. The van der Waals surface area contributed by atoms with E-state index in [2.05, 4.69) is 29.0 Å². The number of nitrogens with one attached hydrogen (secondary N) is 1. The van der Waals surface area contributed by atoms with Crippen LogP contribution in [0.15, 0.2) is 0 Å². The Morgan fingerprint density at radius 2 is 2.33 bits per heavy atom. The lowest BCUT2D eigenvalue weighted by atomic mass is 10.3. The van der Waals surface area contributed by atoms with Crippen molar-refractivity contribution in [2.45, 2.75) is 19.6 Å². The number of aromatic amines is 1. The first kappa shape index (κ1) is 9.86. The summed E-state index contributed by atoms with van der Waals surface area (Å²) < 4.78 is 0. The minimum absolute atomic E-state index is 0.301. The van der Waals surface area contributed by atoms with Gasteiger partial charge < -0.3 is 0 Å². The molecular formula is C7H12ClN3S. The van der Waals surface area contributed by atoms with E-state index in [1.165, 1.54) is 0 Å². The molecule has 68 valence electrons. The summed E-state index contributed by atoms with van der Waals surface area (Å²) in [7, 11) is 0. The summed E-state index contributed by atoms with van der Waals surface area (Å²) in [6.07, 6.45) is 0. The smallest absolute Gasteiger partial charge is 0.242 e. The highest BCUT2D eigenvalue weighted by Gasteiger charge is 2.00. The Labute approximate surface area is 81.3 Å². The van der Waals surface area contributed by atoms with Gasteiger partial charge in [0.25, 0.3) is 0 Å². The molecule has 0 spiro atoms. The molecule has 0 aromatic carbocycles. The molecule has 0 aliphatic heterocycles. The van der Waals surface area contributed by atoms with Crippen molar-refractivity contribution in [1.29, 1.82) is 0 Å². The number of aromatic nitrogens is 3. The second kappa shape index (κ2) is 4.72. The number of thioether (sulfide) groups is 1. The SMILES string of the molecule is CC(C)CSCc1nc(Cl)n[nH]1. The van der Waals surface area contributed by atoms with Crippen molar-refractivity contribution in [3.8, 4) is 0 Å². The Hall–Kier alpha value is -0.220. The van der Waals surface area contributed by atoms with Crippen molar-refractivity contribution in [1.82, 2.24) is 15.2 Å². The van der Waals surface area contributed by atoms with E-state index >= 15 is 0 Å². The molecule has 5 heteroatoms. The molecule has 0 unspecified atom stereocenters. The number of H-pyrrole nitrogens is 1. The minimum atomic E-state index is 0.301. The first-order valence-electron chi connectivity index (χ1n) is 3.83. The summed E-state index contributed by atoms with van der Waals surface area (Å²) in [5.41, 5.74) is 0. The van der Waals surface area contributed by atoms with E-state index in [-0.39, 0.29) is 0 Å². The molecule has 1 heterocycles. The average Bonchev–Trinajstić information content (AvgIpc) is 2.35. The Morgan fingerprint density at radius 1 is 1.58 bits per heavy atom. The molecule has 12 heavy (non-hydrogen) atoms. The normalized spacial score (nSPS) is 11.0. The van der Waals surface area contributed by atoms with Gasteiger partial charge in [0.05, 0.1) is 5.75 Å². The molecular weight excluding hydrogens is 194 g/mol. The summed E-state index contributed by atoms with van der Waals surface area (Å²) in [6, 6.07) is 0. The molecule has 1 aromatic rings. The number of nitrogens with zero attached hydrogens (tertiary/aromatic N) is 2. The molecule has 0 aliphatic rings. The van der Waals surface area contributed by atoms with Crippen LogP contribution in [0.3, 0.4) is 0 Å². The zero-order chi connectivity index (χ0) is 8.97. The first-order chi connectivity index (χ1) is 5.68. The first-order valence-corrected chi connectivity index (χ1v) is 5.36. The van der Waals surface area contributed by atoms with Crippen LogP contribution in [0, 0.1) is 5.92 Å². The van der Waals surface area contributed by atoms with E-state index < -0.39 is 0 Å². The van der Waals surface area contributed by atoms with Gasteiger partial charge in [0.1, 0.15) is 5.82 Å². The van der Waals surface area contributed by atoms with Gasteiger partial charge in [-0.1, -0.05) is 13.8 Å². The lowest BCUT2D eigenvalue weighted by Gasteiger charge is -2.01. The van der Waals surface area contributed by atoms with Gasteiger partial charge in [0, 0.05) is 0 Å². The van der Waals surface area contributed by atoms with Gasteiger partial charge in [0.15, 0.2) is 0 Å². The van der Waals surface area contributed by atoms with Crippen LogP contribution in [0.2, 0.25) is 5.28 Å². The van der Waals surface area contributed by atoms with Crippen molar-refractivity contribution >= 4 is 23.4 Å².